The molecule has 1 unspecified atom stereocenters. The normalized spacial score (nSPS) is 19.8. The van der Waals surface area contributed by atoms with Crippen molar-refractivity contribution in [1.29, 1.82) is 0 Å². The van der Waals surface area contributed by atoms with E-state index in [2.05, 4.69) is 10.0 Å². The molecular formula is C9H17N3O5S. The number of likely N-dealkylation sites (tertiary alicyclic amines) is 1. The van der Waals surface area contributed by atoms with Crippen LogP contribution in [0.2, 0.25) is 0 Å². The number of carbonyl (C=O) groups is 2. The Morgan fingerprint density at radius 3 is 2.61 bits per heavy atom. The van der Waals surface area contributed by atoms with Gasteiger partial charge in [-0.15, -0.1) is 0 Å². The highest BCUT2D eigenvalue weighted by Crippen LogP contribution is 2.16. The quantitative estimate of drug-likeness (QED) is 0.546. The fourth-order valence-corrected chi connectivity index (χ4v) is 2.25. The van der Waals surface area contributed by atoms with Gasteiger partial charge in [-0.05, 0) is 12.8 Å². The van der Waals surface area contributed by atoms with Crippen molar-refractivity contribution in [1.82, 2.24) is 14.9 Å². The Hall–Kier alpha value is -1.35. The molecule has 1 rings (SSSR count). The maximum absolute atomic E-state index is 11.7. The van der Waals surface area contributed by atoms with Gasteiger partial charge in [0.2, 0.25) is 10.0 Å². The summed E-state index contributed by atoms with van der Waals surface area (Å²) in [7, 11) is -3.27. The molecule has 0 aliphatic carbocycles. The van der Waals surface area contributed by atoms with Crippen molar-refractivity contribution in [2.75, 3.05) is 25.9 Å². The monoisotopic (exact) mass is 279 g/mol. The SMILES string of the molecule is CS(=O)(=O)NCCNC(=O)N1CCCC1C(=O)O. The number of sulfonamides is 1. The summed E-state index contributed by atoms with van der Waals surface area (Å²) in [5, 5.41) is 11.4. The zero-order valence-corrected chi connectivity index (χ0v) is 10.9. The van der Waals surface area contributed by atoms with Crippen LogP contribution in [0.15, 0.2) is 0 Å². The number of rotatable bonds is 5. The van der Waals surface area contributed by atoms with Crippen LogP contribution < -0.4 is 10.0 Å². The third kappa shape index (κ3) is 4.49. The van der Waals surface area contributed by atoms with Crippen LogP contribution in [0, 0.1) is 0 Å². The van der Waals surface area contributed by atoms with Crippen LogP contribution in [0.4, 0.5) is 4.79 Å². The third-order valence-corrected chi connectivity index (χ3v) is 3.29. The molecule has 8 nitrogen and oxygen atoms in total. The van der Waals surface area contributed by atoms with Gasteiger partial charge in [0.1, 0.15) is 6.04 Å². The number of amides is 2. The van der Waals surface area contributed by atoms with E-state index < -0.39 is 28.1 Å². The van der Waals surface area contributed by atoms with Crippen LogP contribution in [0.1, 0.15) is 12.8 Å². The minimum absolute atomic E-state index is 0.0795. The number of nitrogens with one attached hydrogen (secondary N) is 2. The lowest BCUT2D eigenvalue weighted by atomic mass is 10.2. The summed E-state index contributed by atoms with van der Waals surface area (Å²) in [5.74, 6) is -1.02. The average Bonchev–Trinajstić information content (AvgIpc) is 2.71. The van der Waals surface area contributed by atoms with Crippen LogP contribution >= 0.6 is 0 Å². The van der Waals surface area contributed by atoms with Crippen LogP contribution in [0.25, 0.3) is 0 Å². The summed E-state index contributed by atoms with van der Waals surface area (Å²) in [4.78, 5) is 23.8. The molecule has 0 radical (unpaired) electrons. The lowest BCUT2D eigenvalue weighted by molar-refractivity contribution is -0.141. The lowest BCUT2D eigenvalue weighted by Gasteiger charge is -2.21. The predicted molar refractivity (Wildman–Crippen MR) is 63.6 cm³/mol. The molecule has 0 aromatic carbocycles. The van der Waals surface area contributed by atoms with Gasteiger partial charge in [0.05, 0.1) is 6.26 Å². The van der Waals surface area contributed by atoms with E-state index in [0.717, 1.165) is 6.26 Å². The molecule has 0 bridgehead atoms. The van der Waals surface area contributed by atoms with Gasteiger partial charge in [0.25, 0.3) is 0 Å². The van der Waals surface area contributed by atoms with Crippen LogP contribution in [0.3, 0.4) is 0 Å². The molecule has 2 amide bonds. The molecule has 18 heavy (non-hydrogen) atoms. The van der Waals surface area contributed by atoms with Crippen molar-refractivity contribution in [3.05, 3.63) is 0 Å². The van der Waals surface area contributed by atoms with E-state index in [9.17, 15) is 18.0 Å². The summed E-state index contributed by atoms with van der Waals surface area (Å²) in [6.45, 7) is 0.604. The van der Waals surface area contributed by atoms with Gasteiger partial charge in [-0.25, -0.2) is 22.7 Å². The topological polar surface area (TPSA) is 116 Å². The fourth-order valence-electron chi connectivity index (χ4n) is 1.77. The van der Waals surface area contributed by atoms with E-state index in [1.54, 1.807) is 0 Å². The molecule has 1 fully saturated rings. The van der Waals surface area contributed by atoms with Crippen molar-refractivity contribution in [3.8, 4) is 0 Å². The molecule has 0 aromatic rings. The highest BCUT2D eigenvalue weighted by Gasteiger charge is 2.33. The van der Waals surface area contributed by atoms with Crippen LogP contribution in [-0.4, -0.2) is 62.4 Å². The maximum Gasteiger partial charge on any atom is 0.326 e. The van der Waals surface area contributed by atoms with E-state index in [-0.39, 0.29) is 13.1 Å². The van der Waals surface area contributed by atoms with Gasteiger partial charge in [-0.1, -0.05) is 0 Å². The number of aliphatic carboxylic acids is 1. The molecule has 1 aliphatic heterocycles. The molecule has 1 heterocycles. The number of carboxylic acid groups (broad SMARTS) is 1. The van der Waals surface area contributed by atoms with E-state index in [1.807, 2.05) is 0 Å². The molecule has 0 saturated carbocycles. The van der Waals surface area contributed by atoms with Crippen molar-refractivity contribution >= 4 is 22.0 Å². The highest BCUT2D eigenvalue weighted by atomic mass is 32.2. The Bertz CT molecular complexity index is 422. The Kier molecular flexibility index (Phi) is 4.91. The zero-order valence-electron chi connectivity index (χ0n) is 10.0. The zero-order chi connectivity index (χ0) is 13.8. The number of hydrogen-bond acceptors (Lipinski definition) is 4. The lowest BCUT2D eigenvalue weighted by Crippen LogP contribution is -2.47. The van der Waals surface area contributed by atoms with E-state index in [4.69, 9.17) is 5.11 Å². The van der Waals surface area contributed by atoms with Crippen molar-refractivity contribution < 1.29 is 23.1 Å². The summed E-state index contributed by atoms with van der Waals surface area (Å²) in [6.07, 6.45) is 2.13. The van der Waals surface area contributed by atoms with E-state index in [1.165, 1.54) is 4.90 Å². The first kappa shape index (κ1) is 14.7. The van der Waals surface area contributed by atoms with Gasteiger partial charge < -0.3 is 15.3 Å². The molecule has 1 atom stereocenters. The second kappa shape index (κ2) is 6.01. The third-order valence-electron chi connectivity index (χ3n) is 2.56. The summed E-state index contributed by atoms with van der Waals surface area (Å²) in [6, 6.07) is -1.26. The Balaban J connectivity index is 2.35. The van der Waals surface area contributed by atoms with Crippen molar-refractivity contribution in [3.63, 3.8) is 0 Å². The molecule has 0 spiro atoms. The van der Waals surface area contributed by atoms with Crippen molar-refractivity contribution in [2.45, 2.75) is 18.9 Å². The summed E-state index contributed by atoms with van der Waals surface area (Å²) < 4.78 is 23.7. The summed E-state index contributed by atoms with van der Waals surface area (Å²) >= 11 is 0. The highest BCUT2D eigenvalue weighted by molar-refractivity contribution is 7.88. The molecular weight excluding hydrogens is 262 g/mol. The molecule has 104 valence electrons. The second-order valence-corrected chi connectivity index (χ2v) is 5.92. The van der Waals surface area contributed by atoms with Crippen LogP contribution in [-0.2, 0) is 14.8 Å². The average molecular weight is 279 g/mol. The van der Waals surface area contributed by atoms with Gasteiger partial charge in [-0.3, -0.25) is 0 Å². The van der Waals surface area contributed by atoms with Gasteiger partial charge in [-0.2, -0.15) is 0 Å². The Morgan fingerprint density at radius 1 is 1.39 bits per heavy atom. The number of carboxylic acids is 1. The van der Waals surface area contributed by atoms with Crippen LogP contribution in [0.5, 0.6) is 0 Å². The smallest absolute Gasteiger partial charge is 0.326 e. The molecule has 3 N–H and O–H groups in total. The first-order valence-electron chi connectivity index (χ1n) is 5.53. The van der Waals surface area contributed by atoms with Gasteiger partial charge in [0.15, 0.2) is 0 Å². The minimum Gasteiger partial charge on any atom is -0.480 e. The van der Waals surface area contributed by atoms with Gasteiger partial charge >= 0.3 is 12.0 Å². The Morgan fingerprint density at radius 2 is 2.06 bits per heavy atom. The standard InChI is InChI=1S/C9H17N3O5S/c1-18(16,17)11-5-4-10-9(15)12-6-2-3-7(12)8(13)14/h7,11H,2-6H2,1H3,(H,10,15)(H,13,14). The second-order valence-electron chi connectivity index (χ2n) is 4.09. The van der Waals surface area contributed by atoms with Crippen molar-refractivity contribution in [2.24, 2.45) is 0 Å². The number of carbonyl (C=O) groups excluding carboxylic acids is 1. The molecule has 1 aliphatic rings. The maximum atomic E-state index is 11.7. The minimum atomic E-state index is -3.27. The number of urea groups is 1. The van der Waals surface area contributed by atoms with Gasteiger partial charge in [0, 0.05) is 19.6 Å². The molecule has 1 saturated heterocycles. The predicted octanol–water partition coefficient (Wildman–Crippen LogP) is -1.21. The number of hydrogen-bond donors (Lipinski definition) is 3. The Labute approximate surface area is 105 Å². The first-order valence-corrected chi connectivity index (χ1v) is 7.42. The summed E-state index contributed by atoms with van der Waals surface area (Å²) in [5.41, 5.74) is 0. The van der Waals surface area contributed by atoms with E-state index in [0.29, 0.717) is 19.4 Å². The number of nitrogens with zero attached hydrogens (tertiary/aromatic N) is 1. The fraction of sp³-hybridized carbons (Fsp3) is 0.778. The molecule has 0 aromatic heterocycles. The molecule has 9 heteroatoms. The largest absolute Gasteiger partial charge is 0.480 e. The first-order chi connectivity index (χ1) is 8.31. The van der Waals surface area contributed by atoms with E-state index >= 15 is 0 Å².